The van der Waals surface area contributed by atoms with Crippen LogP contribution in [0.15, 0.2) is 23.1 Å². The van der Waals surface area contributed by atoms with Crippen LogP contribution in [-0.4, -0.2) is 42.5 Å². The number of amides is 2. The van der Waals surface area contributed by atoms with E-state index in [0.29, 0.717) is 0 Å². The zero-order valence-electron chi connectivity index (χ0n) is 11.9. The summed E-state index contributed by atoms with van der Waals surface area (Å²) in [6.07, 6.45) is -0.848. The number of sulfonamides is 1. The van der Waals surface area contributed by atoms with Gasteiger partial charge in [-0.15, -0.1) is 0 Å². The van der Waals surface area contributed by atoms with Crippen LogP contribution < -0.4 is 15.8 Å². The maximum atomic E-state index is 12.1. The van der Waals surface area contributed by atoms with E-state index in [0.717, 1.165) is 12.1 Å². The number of hydrogen-bond donors (Lipinski definition) is 5. The lowest BCUT2D eigenvalue weighted by atomic mass is 10.2. The first kappa shape index (κ1) is 18.4. The molecule has 0 aromatic heterocycles. The summed E-state index contributed by atoms with van der Waals surface area (Å²) in [5.74, 6) is -3.72. The van der Waals surface area contributed by atoms with Crippen LogP contribution in [0.2, 0.25) is 0 Å². The number of primary amides is 1. The van der Waals surface area contributed by atoms with Gasteiger partial charge in [0.25, 0.3) is 0 Å². The van der Waals surface area contributed by atoms with Gasteiger partial charge < -0.3 is 21.3 Å². The van der Waals surface area contributed by atoms with E-state index in [4.69, 9.17) is 10.8 Å². The van der Waals surface area contributed by atoms with E-state index in [1.165, 1.54) is 13.0 Å². The van der Waals surface area contributed by atoms with Gasteiger partial charge in [0.05, 0.1) is 6.42 Å². The number of phenolic OH excluding ortho intramolecular Hbond substituents is 1. The Morgan fingerprint density at radius 1 is 1.30 bits per heavy atom. The third kappa shape index (κ3) is 5.23. The normalized spacial score (nSPS) is 12.4. The molecule has 1 aromatic rings. The first-order valence-electron chi connectivity index (χ1n) is 6.17. The number of rotatable bonds is 7. The second-order valence-electron chi connectivity index (χ2n) is 4.54. The quantitative estimate of drug-likeness (QED) is 0.419. The van der Waals surface area contributed by atoms with E-state index in [1.807, 2.05) is 4.72 Å². The van der Waals surface area contributed by atoms with E-state index >= 15 is 0 Å². The number of aliphatic carboxylic acids is 1. The van der Waals surface area contributed by atoms with Crippen molar-refractivity contribution in [1.82, 2.24) is 4.72 Å². The molecule has 0 spiro atoms. The first-order chi connectivity index (χ1) is 10.5. The Kier molecular flexibility index (Phi) is 5.65. The van der Waals surface area contributed by atoms with Crippen LogP contribution >= 0.6 is 0 Å². The van der Waals surface area contributed by atoms with Crippen LogP contribution in [0, 0.1) is 0 Å². The van der Waals surface area contributed by atoms with Gasteiger partial charge in [-0.2, -0.15) is 4.72 Å². The molecule has 1 aromatic carbocycles. The number of carboxylic acid groups (broad SMARTS) is 1. The summed E-state index contributed by atoms with van der Waals surface area (Å²) in [5, 5.41) is 20.8. The highest BCUT2D eigenvalue weighted by Gasteiger charge is 2.28. The van der Waals surface area contributed by atoms with Crippen LogP contribution in [0.1, 0.15) is 13.3 Å². The van der Waals surface area contributed by atoms with Crippen molar-refractivity contribution in [2.75, 3.05) is 5.32 Å². The molecule has 23 heavy (non-hydrogen) atoms. The number of hydrogen-bond acceptors (Lipinski definition) is 6. The molecule has 10 nitrogen and oxygen atoms in total. The zero-order valence-corrected chi connectivity index (χ0v) is 12.8. The molecule has 0 saturated carbocycles. The summed E-state index contributed by atoms with van der Waals surface area (Å²) in [4.78, 5) is 32.0. The predicted octanol–water partition coefficient (Wildman–Crippen LogP) is -1.04. The minimum absolute atomic E-state index is 0.158. The minimum Gasteiger partial charge on any atom is -0.506 e. The number of phenols is 1. The molecule has 6 N–H and O–H groups in total. The molecule has 0 heterocycles. The van der Waals surface area contributed by atoms with E-state index in [-0.39, 0.29) is 5.69 Å². The third-order valence-corrected chi connectivity index (χ3v) is 4.11. The summed E-state index contributed by atoms with van der Waals surface area (Å²) < 4.78 is 26.1. The molecule has 0 radical (unpaired) electrons. The molecular formula is C12H15N3O7S. The second-order valence-corrected chi connectivity index (χ2v) is 6.22. The SMILES string of the molecule is CC(=O)Nc1ccc(S(=O)(=O)N[C@@H](CC(=O)O)C(N)=O)c(O)c1. The van der Waals surface area contributed by atoms with Crippen LogP contribution in [0.3, 0.4) is 0 Å². The van der Waals surface area contributed by atoms with Gasteiger partial charge in [0.15, 0.2) is 0 Å². The lowest BCUT2D eigenvalue weighted by molar-refractivity contribution is -0.139. The molecule has 0 aliphatic heterocycles. The molecule has 11 heteroatoms. The Morgan fingerprint density at radius 3 is 2.35 bits per heavy atom. The second kappa shape index (κ2) is 7.07. The maximum absolute atomic E-state index is 12.1. The Balaban J connectivity index is 3.10. The number of nitrogens with two attached hydrogens (primary N) is 1. The smallest absolute Gasteiger partial charge is 0.305 e. The molecule has 0 bridgehead atoms. The van der Waals surface area contributed by atoms with Gasteiger partial charge in [0.1, 0.15) is 16.7 Å². The van der Waals surface area contributed by atoms with Crippen molar-refractivity contribution in [3.05, 3.63) is 18.2 Å². The van der Waals surface area contributed by atoms with Crippen LogP contribution in [0.5, 0.6) is 5.75 Å². The number of nitrogens with one attached hydrogen (secondary N) is 2. The van der Waals surface area contributed by atoms with Crippen molar-refractivity contribution in [2.45, 2.75) is 24.3 Å². The van der Waals surface area contributed by atoms with Gasteiger partial charge >= 0.3 is 5.97 Å². The minimum atomic E-state index is -4.40. The Labute approximate surface area is 131 Å². The molecule has 0 saturated heterocycles. The van der Waals surface area contributed by atoms with Crippen LogP contribution in [-0.2, 0) is 24.4 Å². The van der Waals surface area contributed by atoms with Gasteiger partial charge in [-0.1, -0.05) is 0 Å². The maximum Gasteiger partial charge on any atom is 0.305 e. The van der Waals surface area contributed by atoms with Crippen molar-refractivity contribution >= 4 is 33.5 Å². The third-order valence-electron chi connectivity index (χ3n) is 2.59. The zero-order chi connectivity index (χ0) is 17.8. The highest BCUT2D eigenvalue weighted by atomic mass is 32.2. The summed E-state index contributed by atoms with van der Waals surface area (Å²) in [6, 6.07) is 1.52. The standard InChI is InChI=1S/C12H15N3O7S/c1-6(16)14-7-2-3-10(9(17)4-7)23(21,22)15-8(12(13)20)5-11(18)19/h2-4,8,15,17H,5H2,1H3,(H2,13,20)(H,14,16)(H,18,19)/t8-/m0/s1. The highest BCUT2D eigenvalue weighted by molar-refractivity contribution is 7.89. The number of carbonyl (C=O) groups is 3. The predicted molar refractivity (Wildman–Crippen MR) is 78.0 cm³/mol. The molecule has 0 unspecified atom stereocenters. The first-order valence-corrected chi connectivity index (χ1v) is 7.65. The largest absolute Gasteiger partial charge is 0.506 e. The van der Waals surface area contributed by atoms with Gasteiger partial charge in [-0.05, 0) is 12.1 Å². The number of anilines is 1. The Hall–Kier alpha value is -2.66. The number of carboxylic acids is 1. The summed E-state index contributed by atoms with van der Waals surface area (Å²) >= 11 is 0. The van der Waals surface area contributed by atoms with Crippen molar-refractivity contribution in [3.8, 4) is 5.75 Å². The molecule has 1 rings (SSSR count). The fourth-order valence-corrected chi connectivity index (χ4v) is 2.93. The Bertz CT molecular complexity index is 745. The molecule has 126 valence electrons. The van der Waals surface area contributed by atoms with Gasteiger partial charge in [-0.3, -0.25) is 14.4 Å². The van der Waals surface area contributed by atoms with E-state index in [2.05, 4.69) is 5.32 Å². The van der Waals surface area contributed by atoms with Gasteiger partial charge in [0, 0.05) is 18.7 Å². The molecular weight excluding hydrogens is 330 g/mol. The van der Waals surface area contributed by atoms with Crippen LogP contribution in [0.25, 0.3) is 0 Å². The summed E-state index contributed by atoms with van der Waals surface area (Å²) in [6.45, 7) is 1.23. The monoisotopic (exact) mass is 345 g/mol. The fourth-order valence-electron chi connectivity index (χ4n) is 1.65. The fraction of sp³-hybridized carbons (Fsp3) is 0.250. The molecule has 0 fully saturated rings. The van der Waals surface area contributed by atoms with Crippen molar-refractivity contribution < 1.29 is 33.0 Å². The molecule has 1 atom stereocenters. The lowest BCUT2D eigenvalue weighted by Gasteiger charge is -2.15. The molecule has 2 amide bonds. The number of benzene rings is 1. The number of carbonyl (C=O) groups excluding carboxylic acids is 2. The average molecular weight is 345 g/mol. The summed E-state index contributed by atoms with van der Waals surface area (Å²) in [5.41, 5.74) is 5.11. The highest BCUT2D eigenvalue weighted by Crippen LogP contribution is 2.26. The van der Waals surface area contributed by atoms with Crippen molar-refractivity contribution in [1.29, 1.82) is 0 Å². The van der Waals surface area contributed by atoms with Crippen molar-refractivity contribution in [2.24, 2.45) is 5.73 Å². The van der Waals surface area contributed by atoms with E-state index in [9.17, 15) is 27.9 Å². The van der Waals surface area contributed by atoms with Gasteiger partial charge in [0.2, 0.25) is 21.8 Å². The van der Waals surface area contributed by atoms with E-state index in [1.54, 1.807) is 0 Å². The van der Waals surface area contributed by atoms with Gasteiger partial charge in [-0.25, -0.2) is 8.42 Å². The van der Waals surface area contributed by atoms with Crippen LogP contribution in [0.4, 0.5) is 5.69 Å². The van der Waals surface area contributed by atoms with E-state index < -0.39 is 50.9 Å². The van der Waals surface area contributed by atoms with Crippen molar-refractivity contribution in [3.63, 3.8) is 0 Å². The topological polar surface area (TPSA) is 176 Å². The average Bonchev–Trinajstić information content (AvgIpc) is 2.35. The Morgan fingerprint density at radius 2 is 1.91 bits per heavy atom. The lowest BCUT2D eigenvalue weighted by Crippen LogP contribution is -2.45. The molecule has 0 aliphatic carbocycles. The molecule has 0 aliphatic rings. The number of aromatic hydroxyl groups is 1. The summed E-state index contributed by atoms with van der Waals surface area (Å²) in [7, 11) is -4.40.